The molecule has 11 aromatic carbocycles. The van der Waals surface area contributed by atoms with Gasteiger partial charge in [-0.25, -0.2) is 0 Å². The van der Waals surface area contributed by atoms with Gasteiger partial charge in [-0.1, -0.05) is 182 Å². The van der Waals surface area contributed by atoms with Crippen LogP contribution in [0.1, 0.15) is 44.5 Å². The molecule has 0 atom stereocenters. The molecule has 0 unspecified atom stereocenters. The smallest absolute Gasteiger partial charge is 0.132 e. The van der Waals surface area contributed by atoms with Crippen molar-refractivity contribution in [1.29, 1.82) is 0 Å². The molecule has 4 heteroatoms. The molecule has 0 bridgehead atoms. The number of anilines is 3. The lowest BCUT2D eigenvalue weighted by Gasteiger charge is -2.40. The number of ether oxygens (including phenoxy) is 2. The molecule has 2 spiro atoms. The van der Waals surface area contributed by atoms with E-state index in [-0.39, 0.29) is 0 Å². The highest BCUT2D eigenvalue weighted by Crippen LogP contribution is 2.65. The molecular weight excluding hydrogens is 895 g/mol. The number of benzene rings is 11. The van der Waals surface area contributed by atoms with Gasteiger partial charge >= 0.3 is 0 Å². The minimum Gasteiger partial charge on any atom is -0.457 e. The summed E-state index contributed by atoms with van der Waals surface area (Å²) >= 11 is 1.87. The Labute approximate surface area is 421 Å². The summed E-state index contributed by atoms with van der Waals surface area (Å²) in [5.41, 5.74) is 19.0. The van der Waals surface area contributed by atoms with Crippen LogP contribution in [0.25, 0.3) is 53.6 Å². The van der Waals surface area contributed by atoms with E-state index in [1.165, 1.54) is 75.8 Å². The lowest BCUT2D eigenvalue weighted by molar-refractivity contribution is 0.436. The predicted octanol–water partition coefficient (Wildman–Crippen LogP) is 18.1. The third-order valence-electron chi connectivity index (χ3n) is 16.0. The highest BCUT2D eigenvalue weighted by atomic mass is 32.1. The molecule has 12 aromatic rings. The van der Waals surface area contributed by atoms with Crippen molar-refractivity contribution in [2.45, 2.75) is 10.8 Å². The molecule has 4 aliphatic rings. The van der Waals surface area contributed by atoms with Crippen LogP contribution in [0, 0.1) is 0 Å². The van der Waals surface area contributed by atoms with Crippen molar-refractivity contribution >= 4 is 48.6 Å². The van der Waals surface area contributed by atoms with Crippen molar-refractivity contribution in [3.8, 4) is 56.4 Å². The number of rotatable bonds is 4. The largest absolute Gasteiger partial charge is 0.457 e. The summed E-state index contributed by atoms with van der Waals surface area (Å²) in [5, 5.41) is 2.61. The van der Waals surface area contributed by atoms with E-state index in [9.17, 15) is 0 Å². The molecule has 0 radical (unpaired) electrons. The number of para-hydroxylation sites is 4. The summed E-state index contributed by atoms with van der Waals surface area (Å²) < 4.78 is 16.1. The minimum absolute atomic E-state index is 0.564. The SMILES string of the molecule is c1ccc2c(c1)Oc1ccccc1C21c2ccccc2-c2cc(N(c3ccc(-c4cccc5c4sc4ccccc45)cc3)c3ccc4c(c3)C3(c5ccccc5Oc5ccccc53)c3ccccc3-4)ccc21. The molecule has 16 rings (SSSR count). The van der Waals surface area contributed by atoms with E-state index in [1.807, 2.05) is 11.3 Å². The van der Waals surface area contributed by atoms with Crippen LogP contribution in [0.5, 0.6) is 23.0 Å². The van der Waals surface area contributed by atoms with Crippen LogP contribution in [-0.4, -0.2) is 0 Å². The molecule has 1 aromatic heterocycles. The van der Waals surface area contributed by atoms with Crippen molar-refractivity contribution in [2.24, 2.45) is 0 Å². The van der Waals surface area contributed by atoms with Gasteiger partial charge in [-0.3, -0.25) is 0 Å². The summed E-state index contributed by atoms with van der Waals surface area (Å²) in [4.78, 5) is 2.47. The molecule has 3 nitrogen and oxygen atoms in total. The first-order valence-corrected chi connectivity index (χ1v) is 25.5. The Morgan fingerprint density at radius 2 is 0.722 bits per heavy atom. The van der Waals surface area contributed by atoms with Gasteiger partial charge in [0.25, 0.3) is 0 Å². The van der Waals surface area contributed by atoms with Gasteiger partial charge in [0.2, 0.25) is 0 Å². The average molecular weight is 936 g/mol. The van der Waals surface area contributed by atoms with Crippen molar-refractivity contribution in [3.05, 3.63) is 293 Å². The minimum atomic E-state index is -0.612. The zero-order chi connectivity index (χ0) is 47.1. The highest BCUT2D eigenvalue weighted by molar-refractivity contribution is 7.26. The summed E-state index contributed by atoms with van der Waals surface area (Å²) in [7, 11) is 0. The first kappa shape index (κ1) is 39.8. The maximum absolute atomic E-state index is 6.75. The number of fused-ring (bicyclic) bond motifs is 21. The Hall–Kier alpha value is -8.96. The van der Waals surface area contributed by atoms with Gasteiger partial charge in [0, 0.05) is 59.5 Å². The van der Waals surface area contributed by atoms with E-state index in [4.69, 9.17) is 9.47 Å². The molecule has 0 saturated heterocycles. The third kappa shape index (κ3) is 5.18. The summed E-state index contributed by atoms with van der Waals surface area (Å²) in [6.45, 7) is 0. The van der Waals surface area contributed by atoms with E-state index in [1.54, 1.807) is 0 Å². The van der Waals surface area contributed by atoms with E-state index in [0.717, 1.165) is 62.3 Å². The second-order valence-corrected chi connectivity index (χ2v) is 20.5. The van der Waals surface area contributed by atoms with Gasteiger partial charge < -0.3 is 14.4 Å². The monoisotopic (exact) mass is 935 g/mol. The predicted molar refractivity (Wildman–Crippen MR) is 294 cm³/mol. The molecule has 2 aliphatic heterocycles. The Morgan fingerprint density at radius 1 is 0.292 bits per heavy atom. The topological polar surface area (TPSA) is 21.7 Å². The molecular formula is C68H41NO2S. The maximum atomic E-state index is 6.75. The normalized spacial score (nSPS) is 14.3. The lowest BCUT2D eigenvalue weighted by atomic mass is 9.66. The average Bonchev–Trinajstić information content (AvgIpc) is 4.07. The Morgan fingerprint density at radius 3 is 1.35 bits per heavy atom. The van der Waals surface area contributed by atoms with Crippen molar-refractivity contribution < 1.29 is 9.47 Å². The number of thiophene rings is 1. The molecule has 72 heavy (non-hydrogen) atoms. The first-order chi connectivity index (χ1) is 35.7. The highest BCUT2D eigenvalue weighted by Gasteiger charge is 2.53. The van der Waals surface area contributed by atoms with Crippen LogP contribution in [0.15, 0.2) is 249 Å². The second kappa shape index (κ2) is 14.8. The van der Waals surface area contributed by atoms with Gasteiger partial charge in [0.15, 0.2) is 0 Å². The quantitative estimate of drug-likeness (QED) is 0.176. The first-order valence-electron chi connectivity index (χ1n) is 24.7. The van der Waals surface area contributed by atoms with E-state index in [2.05, 4.69) is 254 Å². The molecule has 0 fully saturated rings. The van der Waals surface area contributed by atoms with E-state index < -0.39 is 10.8 Å². The van der Waals surface area contributed by atoms with Crippen LogP contribution >= 0.6 is 11.3 Å². The van der Waals surface area contributed by atoms with E-state index >= 15 is 0 Å². The standard InChI is InChI=1S/C68H41NO2S/c1-4-21-53-47(16-1)49-38-36-45(41-60(49)68(53)58-25-8-12-29-63(58)71-64-30-13-9-26-59(64)68)69(43-34-32-42(33-35-43)46-19-15-20-51-50-18-3-14-31-65(50)72-66(46)51)44-37-39-55-52(40-44)48-17-2-5-22-54(48)67(55)56-23-6-10-27-61(56)70-62-28-11-7-24-57(62)67/h1-41H. The zero-order valence-electron chi connectivity index (χ0n) is 38.8. The number of hydrogen-bond donors (Lipinski definition) is 0. The molecule has 2 aliphatic carbocycles. The fourth-order valence-electron chi connectivity index (χ4n) is 13.2. The number of nitrogens with zero attached hydrogens (tertiary/aromatic N) is 1. The number of hydrogen-bond acceptors (Lipinski definition) is 4. The summed E-state index contributed by atoms with van der Waals surface area (Å²) in [6, 6.07) is 91.4. The molecule has 3 heterocycles. The van der Waals surface area contributed by atoms with Crippen LogP contribution in [0.2, 0.25) is 0 Å². The fraction of sp³-hybridized carbons (Fsp3) is 0.0294. The van der Waals surface area contributed by atoms with Crippen LogP contribution in [0.3, 0.4) is 0 Å². The Balaban J connectivity index is 0.939. The summed E-state index contributed by atoms with van der Waals surface area (Å²) in [5.74, 6) is 3.54. The van der Waals surface area contributed by atoms with Crippen molar-refractivity contribution in [1.82, 2.24) is 0 Å². The van der Waals surface area contributed by atoms with Gasteiger partial charge in [-0.15, -0.1) is 11.3 Å². The molecule has 0 amide bonds. The van der Waals surface area contributed by atoms with Crippen LogP contribution in [0.4, 0.5) is 17.1 Å². The van der Waals surface area contributed by atoms with Gasteiger partial charge in [0.05, 0.1) is 10.8 Å². The van der Waals surface area contributed by atoms with Crippen LogP contribution in [-0.2, 0) is 10.8 Å². The van der Waals surface area contributed by atoms with Crippen LogP contribution < -0.4 is 14.4 Å². The summed E-state index contributed by atoms with van der Waals surface area (Å²) in [6.07, 6.45) is 0. The maximum Gasteiger partial charge on any atom is 0.132 e. The van der Waals surface area contributed by atoms with Crippen molar-refractivity contribution in [3.63, 3.8) is 0 Å². The third-order valence-corrected chi connectivity index (χ3v) is 17.2. The lowest BCUT2D eigenvalue weighted by Crippen LogP contribution is -2.32. The van der Waals surface area contributed by atoms with Gasteiger partial charge in [-0.05, 0) is 122 Å². The molecule has 0 saturated carbocycles. The van der Waals surface area contributed by atoms with E-state index in [0.29, 0.717) is 0 Å². The van der Waals surface area contributed by atoms with Gasteiger partial charge in [-0.2, -0.15) is 0 Å². The fourth-order valence-corrected chi connectivity index (χ4v) is 14.4. The zero-order valence-corrected chi connectivity index (χ0v) is 39.7. The Bertz CT molecular complexity index is 4170. The second-order valence-electron chi connectivity index (χ2n) is 19.4. The Kier molecular flexibility index (Phi) is 8.18. The molecule has 336 valence electrons. The molecule has 0 N–H and O–H groups in total. The van der Waals surface area contributed by atoms with Crippen molar-refractivity contribution in [2.75, 3.05) is 4.90 Å². The van der Waals surface area contributed by atoms with Gasteiger partial charge in [0.1, 0.15) is 23.0 Å².